The maximum Gasteiger partial charge on any atom is 0.408 e. The van der Waals surface area contributed by atoms with Crippen LogP contribution in [-0.2, 0) is 9.53 Å². The van der Waals surface area contributed by atoms with Gasteiger partial charge in [0.15, 0.2) is 0 Å². The molecule has 0 radical (unpaired) electrons. The Morgan fingerprint density at radius 2 is 1.71 bits per heavy atom. The van der Waals surface area contributed by atoms with E-state index in [1.807, 2.05) is 30.3 Å². The number of amides is 2. The first kappa shape index (κ1) is 24.6. The van der Waals surface area contributed by atoms with E-state index in [9.17, 15) is 14.4 Å². The highest BCUT2D eigenvalue weighted by Crippen LogP contribution is 2.32. The summed E-state index contributed by atoms with van der Waals surface area (Å²) >= 11 is 0. The average Bonchev–Trinajstić information content (AvgIpc) is 3.29. The van der Waals surface area contributed by atoms with Gasteiger partial charge in [0.2, 0.25) is 5.91 Å². The monoisotopic (exact) mass is 478 g/mol. The quantitative estimate of drug-likeness (QED) is 0.404. The number of hydrogen-bond acceptors (Lipinski definition) is 4. The minimum Gasteiger partial charge on any atom is -0.444 e. The topological polar surface area (TPSA) is 116 Å². The molecule has 0 spiro atoms. The second-order valence-electron chi connectivity index (χ2n) is 10.5. The normalized spacial score (nSPS) is 19.2. The Morgan fingerprint density at radius 3 is 2.37 bits per heavy atom. The highest BCUT2D eigenvalue weighted by molar-refractivity contribution is 5.98. The van der Waals surface area contributed by atoms with E-state index in [2.05, 4.69) is 27.5 Å². The van der Waals surface area contributed by atoms with E-state index in [4.69, 9.17) is 4.74 Å². The first-order valence-corrected chi connectivity index (χ1v) is 12.2. The van der Waals surface area contributed by atoms with Gasteiger partial charge in [0.1, 0.15) is 17.2 Å². The van der Waals surface area contributed by atoms with Crippen LogP contribution in [0.3, 0.4) is 0 Å². The Morgan fingerprint density at radius 1 is 1.03 bits per heavy atom. The molecule has 8 nitrogen and oxygen atoms in total. The van der Waals surface area contributed by atoms with E-state index in [1.54, 1.807) is 33.2 Å². The van der Waals surface area contributed by atoms with E-state index in [0.717, 1.165) is 42.2 Å². The standard InChI is InChI=1S/C27H34N4O4/c1-16-5-7-18(8-6-16)22(31-26(34)35-27(2,3)4)25(33)30-19-11-9-17(10-12-19)21-15-29-24(32)23-20(21)13-14-28-23/h9-16,18,22,28H,5-8H2,1-4H3,(H,29,32)(H,30,33)(H,31,34)/t16?,18?,22-/m0/s1. The number of alkyl carbamates (subject to hydrolysis) is 1. The first-order chi connectivity index (χ1) is 16.6. The minimum absolute atomic E-state index is 0.0565. The molecule has 4 rings (SSSR count). The van der Waals surface area contributed by atoms with Crippen molar-refractivity contribution in [2.45, 2.75) is 65.0 Å². The predicted molar refractivity (Wildman–Crippen MR) is 137 cm³/mol. The molecule has 0 saturated heterocycles. The highest BCUT2D eigenvalue weighted by atomic mass is 16.6. The van der Waals surface area contributed by atoms with E-state index in [1.165, 1.54) is 0 Å². The van der Waals surface area contributed by atoms with Crippen LogP contribution in [-0.4, -0.2) is 33.6 Å². The number of ether oxygens (including phenoxy) is 1. The van der Waals surface area contributed by atoms with E-state index < -0.39 is 17.7 Å². The molecule has 0 aliphatic heterocycles. The maximum absolute atomic E-state index is 13.3. The van der Waals surface area contributed by atoms with Gasteiger partial charge < -0.3 is 25.3 Å². The zero-order valence-electron chi connectivity index (χ0n) is 20.7. The molecule has 1 saturated carbocycles. The first-order valence-electron chi connectivity index (χ1n) is 12.2. The Labute approximate surface area is 204 Å². The number of carbonyl (C=O) groups excluding carboxylic acids is 2. The fourth-order valence-electron chi connectivity index (χ4n) is 4.71. The van der Waals surface area contributed by atoms with Crippen LogP contribution in [0, 0.1) is 11.8 Å². The number of benzene rings is 1. The largest absolute Gasteiger partial charge is 0.444 e. The molecule has 0 bridgehead atoms. The summed E-state index contributed by atoms with van der Waals surface area (Å²) in [5, 5.41) is 6.63. The van der Waals surface area contributed by atoms with Crippen LogP contribution in [0.15, 0.2) is 47.5 Å². The Kier molecular flexibility index (Phi) is 7.00. The number of fused-ring (bicyclic) bond motifs is 1. The molecule has 2 heterocycles. The summed E-state index contributed by atoms with van der Waals surface area (Å²) in [5.41, 5.74) is 2.15. The van der Waals surface area contributed by atoms with Crippen molar-refractivity contribution in [2.75, 3.05) is 5.32 Å². The number of nitrogens with one attached hydrogen (secondary N) is 4. The summed E-state index contributed by atoms with van der Waals surface area (Å²) in [5.74, 6) is 0.435. The summed E-state index contributed by atoms with van der Waals surface area (Å²) in [7, 11) is 0. The van der Waals surface area contributed by atoms with Gasteiger partial charge in [0.05, 0.1) is 0 Å². The fraction of sp³-hybridized carbons (Fsp3) is 0.444. The van der Waals surface area contributed by atoms with Crippen LogP contribution in [0.4, 0.5) is 10.5 Å². The molecule has 2 aromatic heterocycles. The van der Waals surface area contributed by atoms with Crippen molar-refractivity contribution in [3.05, 3.63) is 53.1 Å². The lowest BCUT2D eigenvalue weighted by molar-refractivity contribution is -0.119. The lowest BCUT2D eigenvalue weighted by Gasteiger charge is -2.33. The summed E-state index contributed by atoms with van der Waals surface area (Å²) in [4.78, 5) is 43.5. The second kappa shape index (κ2) is 9.98. The molecule has 0 unspecified atom stereocenters. The molecule has 1 aromatic carbocycles. The van der Waals surface area contributed by atoms with Crippen molar-refractivity contribution < 1.29 is 14.3 Å². The predicted octanol–water partition coefficient (Wildman–Crippen LogP) is 5.18. The molecule has 2 amide bonds. The van der Waals surface area contributed by atoms with Crippen LogP contribution in [0.25, 0.3) is 22.0 Å². The smallest absolute Gasteiger partial charge is 0.408 e. The van der Waals surface area contributed by atoms with Crippen molar-refractivity contribution in [1.82, 2.24) is 15.3 Å². The molecule has 35 heavy (non-hydrogen) atoms. The lowest BCUT2D eigenvalue weighted by Crippen LogP contribution is -2.50. The molecule has 1 atom stereocenters. The number of anilines is 1. The zero-order valence-corrected chi connectivity index (χ0v) is 20.7. The highest BCUT2D eigenvalue weighted by Gasteiger charge is 2.33. The number of aromatic amines is 2. The van der Waals surface area contributed by atoms with Gasteiger partial charge in [-0.2, -0.15) is 0 Å². The molecule has 1 aliphatic carbocycles. The van der Waals surface area contributed by atoms with Crippen LogP contribution in [0.5, 0.6) is 0 Å². The number of H-pyrrole nitrogens is 2. The van der Waals surface area contributed by atoms with E-state index in [-0.39, 0.29) is 17.4 Å². The maximum atomic E-state index is 13.3. The third-order valence-corrected chi connectivity index (χ3v) is 6.56. The number of rotatable bonds is 5. The minimum atomic E-state index is -0.671. The van der Waals surface area contributed by atoms with Crippen LogP contribution in [0.2, 0.25) is 0 Å². The third kappa shape index (κ3) is 5.93. The van der Waals surface area contributed by atoms with Crippen molar-refractivity contribution >= 4 is 28.6 Å². The van der Waals surface area contributed by atoms with Gasteiger partial charge in [-0.3, -0.25) is 9.59 Å². The van der Waals surface area contributed by atoms with E-state index in [0.29, 0.717) is 17.1 Å². The fourth-order valence-corrected chi connectivity index (χ4v) is 4.71. The Hall–Kier alpha value is -3.55. The van der Waals surface area contributed by atoms with Gasteiger partial charge in [0, 0.05) is 29.0 Å². The third-order valence-electron chi connectivity index (χ3n) is 6.56. The molecule has 4 N–H and O–H groups in total. The van der Waals surface area contributed by atoms with Gasteiger partial charge in [-0.25, -0.2) is 4.79 Å². The van der Waals surface area contributed by atoms with Crippen molar-refractivity contribution in [3.63, 3.8) is 0 Å². The second-order valence-corrected chi connectivity index (χ2v) is 10.5. The molecule has 8 heteroatoms. The molecular formula is C27H34N4O4. The van der Waals surface area contributed by atoms with Crippen LogP contribution >= 0.6 is 0 Å². The lowest BCUT2D eigenvalue weighted by atomic mass is 9.79. The average molecular weight is 479 g/mol. The molecule has 1 aliphatic rings. The van der Waals surface area contributed by atoms with Crippen molar-refractivity contribution in [3.8, 4) is 11.1 Å². The van der Waals surface area contributed by atoms with Gasteiger partial charge in [-0.15, -0.1) is 0 Å². The molecule has 3 aromatic rings. The van der Waals surface area contributed by atoms with Gasteiger partial charge >= 0.3 is 6.09 Å². The summed E-state index contributed by atoms with van der Waals surface area (Å²) in [6.07, 6.45) is 6.68. The van der Waals surface area contributed by atoms with Gasteiger partial charge in [-0.1, -0.05) is 31.9 Å². The van der Waals surface area contributed by atoms with Crippen molar-refractivity contribution in [2.24, 2.45) is 11.8 Å². The van der Waals surface area contributed by atoms with Crippen molar-refractivity contribution in [1.29, 1.82) is 0 Å². The zero-order chi connectivity index (χ0) is 25.2. The Bertz CT molecular complexity index is 1240. The van der Waals surface area contributed by atoms with Crippen LogP contribution < -0.4 is 16.2 Å². The van der Waals surface area contributed by atoms with Gasteiger partial charge in [0.25, 0.3) is 5.56 Å². The molecule has 1 fully saturated rings. The SMILES string of the molecule is CC1CCC([C@H](NC(=O)OC(C)(C)C)C(=O)Nc2ccc(-c3c[nH]c(=O)c4[nH]ccc34)cc2)CC1. The van der Waals surface area contributed by atoms with Crippen LogP contribution in [0.1, 0.15) is 53.4 Å². The number of pyridine rings is 1. The summed E-state index contributed by atoms with van der Waals surface area (Å²) in [6.45, 7) is 7.62. The summed E-state index contributed by atoms with van der Waals surface area (Å²) in [6, 6.07) is 8.64. The molecule has 186 valence electrons. The number of aromatic nitrogens is 2. The summed E-state index contributed by atoms with van der Waals surface area (Å²) < 4.78 is 5.42. The Balaban J connectivity index is 1.50. The number of hydrogen-bond donors (Lipinski definition) is 4. The van der Waals surface area contributed by atoms with E-state index >= 15 is 0 Å². The molecular weight excluding hydrogens is 444 g/mol. The number of carbonyl (C=O) groups is 2. The van der Waals surface area contributed by atoms with Gasteiger partial charge in [-0.05, 0) is 69.2 Å².